The number of nitro benzene ring substituents is 1. The number of unbranched alkanes of at least 4 members (excludes halogenated alkanes) is 1. The van der Waals surface area contributed by atoms with Gasteiger partial charge in [-0.05, 0) is 18.6 Å². The van der Waals surface area contributed by atoms with Crippen LogP contribution in [0.4, 0.5) is 5.69 Å². The van der Waals surface area contributed by atoms with Gasteiger partial charge in [0.2, 0.25) is 0 Å². The van der Waals surface area contributed by atoms with Gasteiger partial charge in [0.05, 0.1) is 11.5 Å². The molecule has 0 unspecified atom stereocenters. The van der Waals surface area contributed by atoms with Crippen molar-refractivity contribution in [2.45, 2.75) is 19.8 Å². The molecular formula is C12H14N2O4. The number of hydroxylamine groups is 1. The lowest BCUT2D eigenvalue weighted by atomic mass is 10.1. The maximum atomic E-state index is 10.7. The Bertz CT molecular complexity index is 450. The molecule has 0 bridgehead atoms. The van der Waals surface area contributed by atoms with Gasteiger partial charge in [-0.2, -0.15) is 0 Å². The first-order valence-corrected chi connectivity index (χ1v) is 5.56. The number of nitrogens with one attached hydrogen (secondary N) is 1. The molecule has 1 aromatic rings. The maximum absolute atomic E-state index is 10.7. The van der Waals surface area contributed by atoms with Gasteiger partial charge in [0, 0.05) is 17.7 Å². The number of nitro groups is 1. The highest BCUT2D eigenvalue weighted by Crippen LogP contribution is 2.15. The molecule has 6 heteroatoms. The molecule has 0 fully saturated rings. The summed E-state index contributed by atoms with van der Waals surface area (Å²) in [5.41, 5.74) is 3.08. The molecule has 0 amide bonds. The zero-order chi connectivity index (χ0) is 13.4. The molecule has 6 nitrogen and oxygen atoms in total. The van der Waals surface area contributed by atoms with Crippen molar-refractivity contribution in [3.63, 3.8) is 0 Å². The summed E-state index contributed by atoms with van der Waals surface area (Å²) in [6, 6.07) is 5.57. The summed E-state index contributed by atoms with van der Waals surface area (Å²) in [7, 11) is 0. The summed E-state index contributed by atoms with van der Waals surface area (Å²) < 4.78 is 0. The molecule has 1 aromatic carbocycles. The van der Waals surface area contributed by atoms with Crippen LogP contribution in [0, 0.1) is 10.1 Å². The molecule has 1 N–H and O–H groups in total. The molecule has 1 rings (SSSR count). The minimum absolute atomic E-state index is 0.0316. The molecule has 0 saturated heterocycles. The van der Waals surface area contributed by atoms with Crippen molar-refractivity contribution >= 4 is 17.3 Å². The van der Waals surface area contributed by atoms with Crippen LogP contribution in [0.15, 0.2) is 24.3 Å². The molecule has 0 aliphatic heterocycles. The van der Waals surface area contributed by atoms with E-state index < -0.39 is 4.92 Å². The smallest absolute Gasteiger partial charge is 0.269 e. The number of carbonyl (C=O) groups excluding carboxylic acids is 1. The van der Waals surface area contributed by atoms with Gasteiger partial charge >= 0.3 is 0 Å². The molecule has 0 aromatic heterocycles. The van der Waals surface area contributed by atoms with Crippen LogP contribution in [0.2, 0.25) is 0 Å². The standard InChI is InChI=1S/C12H14N2O4/c1-2-3-8-18-13-12(9-15)10-4-6-11(7-5-10)14(16)17/h4-7,13H,2-3,8H2,1H3. The van der Waals surface area contributed by atoms with Gasteiger partial charge in [-0.25, -0.2) is 4.79 Å². The summed E-state index contributed by atoms with van der Waals surface area (Å²) in [6.07, 6.45) is 1.86. The number of rotatable bonds is 7. The third kappa shape index (κ3) is 4.01. The molecule has 0 aliphatic rings. The van der Waals surface area contributed by atoms with Crippen molar-refractivity contribution in [3.05, 3.63) is 39.9 Å². The summed E-state index contributed by atoms with van der Waals surface area (Å²) in [5, 5.41) is 10.5. The first-order valence-electron chi connectivity index (χ1n) is 5.56. The van der Waals surface area contributed by atoms with Gasteiger partial charge < -0.3 is 0 Å². The normalized spacial score (nSPS) is 9.61. The summed E-state index contributed by atoms with van der Waals surface area (Å²) in [5.74, 6) is 1.70. The van der Waals surface area contributed by atoms with Crippen molar-refractivity contribution in [2.24, 2.45) is 0 Å². The van der Waals surface area contributed by atoms with E-state index in [9.17, 15) is 14.9 Å². The first-order chi connectivity index (χ1) is 8.69. The third-order valence-corrected chi connectivity index (χ3v) is 2.24. The Hall–Kier alpha value is -2.17. The largest absolute Gasteiger partial charge is 0.275 e. The quantitative estimate of drug-likeness (QED) is 0.347. The van der Waals surface area contributed by atoms with Gasteiger partial charge in [-0.15, -0.1) is 0 Å². The molecule has 0 spiro atoms. The van der Waals surface area contributed by atoms with E-state index in [1.54, 1.807) is 5.94 Å². The van der Waals surface area contributed by atoms with E-state index in [1.165, 1.54) is 24.3 Å². The lowest BCUT2D eigenvalue weighted by molar-refractivity contribution is -0.384. The first kappa shape index (κ1) is 13.9. The van der Waals surface area contributed by atoms with Crippen molar-refractivity contribution < 1.29 is 14.6 Å². The molecule has 0 saturated carbocycles. The van der Waals surface area contributed by atoms with Crippen LogP contribution in [0.5, 0.6) is 0 Å². The van der Waals surface area contributed by atoms with Crippen LogP contribution in [-0.2, 0) is 9.63 Å². The van der Waals surface area contributed by atoms with E-state index in [2.05, 4.69) is 5.48 Å². The monoisotopic (exact) mass is 250 g/mol. The SMILES string of the molecule is CCCCONC(=C=O)c1ccc([N+](=O)[O-])cc1. The Morgan fingerprint density at radius 1 is 1.44 bits per heavy atom. The second-order valence-corrected chi connectivity index (χ2v) is 3.59. The second-order valence-electron chi connectivity index (χ2n) is 3.59. The van der Waals surface area contributed by atoms with Gasteiger partial charge in [-0.1, -0.05) is 13.3 Å². The van der Waals surface area contributed by atoms with E-state index in [0.717, 1.165) is 12.8 Å². The van der Waals surface area contributed by atoms with Crippen molar-refractivity contribution in [2.75, 3.05) is 6.61 Å². The fraction of sp³-hybridized carbons (Fsp3) is 0.333. The van der Waals surface area contributed by atoms with Gasteiger partial charge in [-0.3, -0.25) is 20.4 Å². The van der Waals surface area contributed by atoms with Gasteiger partial charge in [0.1, 0.15) is 0 Å². The Kier molecular flexibility index (Phi) is 5.57. The Morgan fingerprint density at radius 2 is 2.11 bits per heavy atom. The van der Waals surface area contributed by atoms with Crippen molar-refractivity contribution in [3.8, 4) is 0 Å². The topological polar surface area (TPSA) is 81.5 Å². The maximum Gasteiger partial charge on any atom is 0.269 e. The molecule has 0 radical (unpaired) electrons. The van der Waals surface area contributed by atoms with Crippen LogP contribution >= 0.6 is 0 Å². The number of nitrogens with zero attached hydrogens (tertiary/aromatic N) is 1. The number of hydrogen-bond donors (Lipinski definition) is 1. The second kappa shape index (κ2) is 7.21. The number of benzene rings is 1. The summed E-state index contributed by atoms with van der Waals surface area (Å²) in [6.45, 7) is 2.50. The molecule has 0 heterocycles. The summed E-state index contributed by atoms with van der Waals surface area (Å²) >= 11 is 0. The van der Waals surface area contributed by atoms with Crippen molar-refractivity contribution in [1.29, 1.82) is 0 Å². The van der Waals surface area contributed by atoms with E-state index in [4.69, 9.17) is 4.84 Å². The van der Waals surface area contributed by atoms with E-state index in [1.807, 2.05) is 6.92 Å². The number of hydrogen-bond acceptors (Lipinski definition) is 5. The van der Waals surface area contributed by atoms with Crippen LogP contribution in [0.25, 0.3) is 5.70 Å². The van der Waals surface area contributed by atoms with Gasteiger partial charge in [0.15, 0.2) is 11.6 Å². The molecule has 96 valence electrons. The molecular weight excluding hydrogens is 236 g/mol. The zero-order valence-electron chi connectivity index (χ0n) is 10.0. The highest BCUT2D eigenvalue weighted by molar-refractivity contribution is 5.85. The molecule has 0 atom stereocenters. The number of non-ortho nitro benzene ring substituents is 1. The predicted molar refractivity (Wildman–Crippen MR) is 66.2 cm³/mol. The highest BCUT2D eigenvalue weighted by atomic mass is 16.6. The average Bonchev–Trinajstić information content (AvgIpc) is 2.39. The van der Waals surface area contributed by atoms with E-state index in [-0.39, 0.29) is 11.4 Å². The average molecular weight is 250 g/mol. The lowest BCUT2D eigenvalue weighted by Crippen LogP contribution is -2.14. The van der Waals surface area contributed by atoms with Crippen LogP contribution in [0.3, 0.4) is 0 Å². The Morgan fingerprint density at radius 3 is 2.61 bits per heavy atom. The van der Waals surface area contributed by atoms with Crippen LogP contribution in [0.1, 0.15) is 25.3 Å². The Labute approximate surface area is 104 Å². The predicted octanol–water partition coefficient (Wildman–Crippen LogP) is 2.09. The summed E-state index contributed by atoms with van der Waals surface area (Å²) in [4.78, 5) is 25.8. The zero-order valence-corrected chi connectivity index (χ0v) is 10.0. The van der Waals surface area contributed by atoms with Crippen LogP contribution < -0.4 is 5.48 Å². The molecule has 0 aliphatic carbocycles. The van der Waals surface area contributed by atoms with E-state index in [0.29, 0.717) is 12.2 Å². The van der Waals surface area contributed by atoms with Crippen LogP contribution in [-0.4, -0.2) is 17.5 Å². The van der Waals surface area contributed by atoms with E-state index >= 15 is 0 Å². The third-order valence-electron chi connectivity index (χ3n) is 2.24. The Balaban J connectivity index is 2.66. The highest BCUT2D eigenvalue weighted by Gasteiger charge is 2.07. The fourth-order valence-corrected chi connectivity index (χ4v) is 1.23. The lowest BCUT2D eigenvalue weighted by Gasteiger charge is -2.07. The molecule has 18 heavy (non-hydrogen) atoms. The fourth-order valence-electron chi connectivity index (χ4n) is 1.23. The van der Waals surface area contributed by atoms with Crippen molar-refractivity contribution in [1.82, 2.24) is 5.48 Å². The minimum Gasteiger partial charge on any atom is -0.275 e. The minimum atomic E-state index is -0.501. The van der Waals surface area contributed by atoms with Gasteiger partial charge in [0.25, 0.3) is 5.69 Å².